The summed E-state index contributed by atoms with van der Waals surface area (Å²) < 4.78 is 4.97. The first-order chi connectivity index (χ1) is 4.33. The van der Waals surface area contributed by atoms with Gasteiger partial charge in [-0.3, -0.25) is 0 Å². The van der Waals surface area contributed by atoms with Crippen LogP contribution >= 0.6 is 12.4 Å². The molecule has 0 amide bonds. The van der Waals surface area contributed by atoms with Crippen LogP contribution in [-0.4, -0.2) is 12.0 Å². The Morgan fingerprint density at radius 3 is 2.80 bits per heavy atom. The third kappa shape index (κ3) is 2.37. The molecule has 10 heavy (non-hydrogen) atoms. The third-order valence-corrected chi connectivity index (χ3v) is 1.02. The molecule has 0 aliphatic heterocycles. The molecule has 1 heterocycles. The fourth-order valence-corrected chi connectivity index (χ4v) is 0.671. The van der Waals surface area contributed by atoms with Crippen molar-refractivity contribution in [3.8, 4) is 0 Å². The number of rotatable bonds is 2. The molecular formula is C6H11ClN2O. The van der Waals surface area contributed by atoms with Gasteiger partial charge in [0.2, 0.25) is 0 Å². The SMILES string of the molecule is CNCc1coc(C)n1.Cl. The van der Waals surface area contributed by atoms with Gasteiger partial charge in [-0.15, -0.1) is 12.4 Å². The van der Waals surface area contributed by atoms with Gasteiger partial charge in [0.05, 0.1) is 5.69 Å². The Labute approximate surface area is 66.2 Å². The molecule has 0 saturated carbocycles. The molecule has 0 atom stereocenters. The highest BCUT2D eigenvalue weighted by atomic mass is 35.5. The van der Waals surface area contributed by atoms with E-state index >= 15 is 0 Å². The van der Waals surface area contributed by atoms with E-state index in [9.17, 15) is 0 Å². The van der Waals surface area contributed by atoms with Crippen molar-refractivity contribution in [1.82, 2.24) is 10.3 Å². The number of aryl methyl sites for hydroxylation is 1. The number of aromatic nitrogens is 1. The normalized spacial score (nSPS) is 9.00. The zero-order valence-corrected chi connectivity index (χ0v) is 6.86. The maximum atomic E-state index is 4.97. The van der Waals surface area contributed by atoms with Crippen LogP contribution in [0, 0.1) is 6.92 Å². The van der Waals surface area contributed by atoms with Crippen molar-refractivity contribution in [2.45, 2.75) is 13.5 Å². The van der Waals surface area contributed by atoms with Gasteiger partial charge < -0.3 is 9.73 Å². The maximum Gasteiger partial charge on any atom is 0.191 e. The molecule has 0 unspecified atom stereocenters. The van der Waals surface area contributed by atoms with Crippen molar-refractivity contribution in [1.29, 1.82) is 0 Å². The molecule has 1 aromatic rings. The van der Waals surface area contributed by atoms with Crippen LogP contribution in [0.2, 0.25) is 0 Å². The van der Waals surface area contributed by atoms with E-state index in [-0.39, 0.29) is 12.4 Å². The molecule has 0 saturated heterocycles. The molecule has 1 rings (SSSR count). The Kier molecular flexibility index (Phi) is 4.07. The lowest BCUT2D eigenvalue weighted by Gasteiger charge is -1.87. The first kappa shape index (κ1) is 9.46. The maximum absolute atomic E-state index is 4.97. The highest BCUT2D eigenvalue weighted by Crippen LogP contribution is 1.98. The monoisotopic (exact) mass is 162 g/mol. The third-order valence-electron chi connectivity index (χ3n) is 1.02. The van der Waals surface area contributed by atoms with Gasteiger partial charge in [-0.25, -0.2) is 4.98 Å². The van der Waals surface area contributed by atoms with Gasteiger partial charge in [0.15, 0.2) is 5.89 Å². The van der Waals surface area contributed by atoms with E-state index in [1.54, 1.807) is 6.26 Å². The number of hydrogen-bond acceptors (Lipinski definition) is 3. The molecule has 0 radical (unpaired) electrons. The highest BCUT2D eigenvalue weighted by molar-refractivity contribution is 5.85. The van der Waals surface area contributed by atoms with Crippen LogP contribution in [0.15, 0.2) is 10.7 Å². The minimum Gasteiger partial charge on any atom is -0.449 e. The summed E-state index contributed by atoms with van der Waals surface area (Å²) in [5, 5.41) is 2.97. The van der Waals surface area contributed by atoms with Crippen LogP contribution in [0.1, 0.15) is 11.6 Å². The summed E-state index contributed by atoms with van der Waals surface area (Å²) in [7, 11) is 1.88. The van der Waals surface area contributed by atoms with E-state index in [0.29, 0.717) is 0 Å². The molecule has 0 aromatic carbocycles. The molecule has 1 aromatic heterocycles. The van der Waals surface area contributed by atoms with Crippen LogP contribution in [0.3, 0.4) is 0 Å². The Bertz CT molecular complexity index is 188. The second kappa shape index (κ2) is 4.30. The summed E-state index contributed by atoms with van der Waals surface area (Å²) in [5.74, 6) is 0.722. The van der Waals surface area contributed by atoms with Crippen LogP contribution < -0.4 is 5.32 Å². The summed E-state index contributed by atoms with van der Waals surface area (Å²) in [6, 6.07) is 0. The summed E-state index contributed by atoms with van der Waals surface area (Å²) in [4.78, 5) is 4.07. The van der Waals surface area contributed by atoms with E-state index in [1.165, 1.54) is 0 Å². The zero-order chi connectivity index (χ0) is 6.69. The molecule has 0 fully saturated rings. The van der Waals surface area contributed by atoms with Gasteiger partial charge in [0.1, 0.15) is 6.26 Å². The standard InChI is InChI=1S/C6H10N2O.ClH/c1-5-8-6(3-7-2)4-9-5;/h4,7H,3H2,1-2H3;1H. The van der Waals surface area contributed by atoms with Gasteiger partial charge >= 0.3 is 0 Å². The summed E-state index contributed by atoms with van der Waals surface area (Å²) >= 11 is 0. The predicted octanol–water partition coefficient (Wildman–Crippen LogP) is 1.12. The van der Waals surface area contributed by atoms with E-state index in [0.717, 1.165) is 18.1 Å². The largest absolute Gasteiger partial charge is 0.449 e. The average Bonchev–Trinajstić information content (AvgIpc) is 2.17. The second-order valence-electron chi connectivity index (χ2n) is 1.89. The number of nitrogens with one attached hydrogen (secondary N) is 1. The van der Waals surface area contributed by atoms with Crippen molar-refractivity contribution in [2.24, 2.45) is 0 Å². The lowest BCUT2D eigenvalue weighted by molar-refractivity contribution is 0.520. The fraction of sp³-hybridized carbons (Fsp3) is 0.500. The van der Waals surface area contributed by atoms with Crippen molar-refractivity contribution in [3.63, 3.8) is 0 Å². The minimum absolute atomic E-state index is 0. The van der Waals surface area contributed by atoms with Crippen LogP contribution in [0.4, 0.5) is 0 Å². The van der Waals surface area contributed by atoms with Gasteiger partial charge in [0, 0.05) is 13.5 Å². The van der Waals surface area contributed by atoms with Crippen molar-refractivity contribution in [2.75, 3.05) is 7.05 Å². The first-order valence-electron chi connectivity index (χ1n) is 2.88. The molecule has 4 heteroatoms. The number of nitrogens with zero attached hydrogens (tertiary/aromatic N) is 1. The predicted molar refractivity (Wildman–Crippen MR) is 41.3 cm³/mol. The quantitative estimate of drug-likeness (QED) is 0.709. The Hall–Kier alpha value is -0.540. The molecular weight excluding hydrogens is 152 g/mol. The molecule has 0 spiro atoms. The molecule has 0 aliphatic carbocycles. The summed E-state index contributed by atoms with van der Waals surface area (Å²) in [6.45, 7) is 2.61. The zero-order valence-electron chi connectivity index (χ0n) is 6.05. The van der Waals surface area contributed by atoms with E-state index < -0.39 is 0 Å². The number of halogens is 1. The lowest BCUT2D eigenvalue weighted by atomic mass is 10.5. The molecule has 0 bridgehead atoms. The van der Waals surface area contributed by atoms with Crippen molar-refractivity contribution >= 4 is 12.4 Å². The first-order valence-corrected chi connectivity index (χ1v) is 2.88. The van der Waals surface area contributed by atoms with E-state index in [1.807, 2.05) is 14.0 Å². The highest BCUT2D eigenvalue weighted by Gasteiger charge is 1.94. The Balaban J connectivity index is 0.000000810. The molecule has 3 nitrogen and oxygen atoms in total. The van der Waals surface area contributed by atoms with E-state index in [2.05, 4.69) is 10.3 Å². The lowest BCUT2D eigenvalue weighted by Crippen LogP contribution is -2.04. The van der Waals surface area contributed by atoms with Gasteiger partial charge in [-0.1, -0.05) is 0 Å². The van der Waals surface area contributed by atoms with Crippen LogP contribution in [-0.2, 0) is 6.54 Å². The topological polar surface area (TPSA) is 38.1 Å². The van der Waals surface area contributed by atoms with Crippen LogP contribution in [0.25, 0.3) is 0 Å². The van der Waals surface area contributed by atoms with Gasteiger partial charge in [-0.05, 0) is 7.05 Å². The molecule has 1 N–H and O–H groups in total. The molecule has 0 aliphatic rings. The number of oxazole rings is 1. The van der Waals surface area contributed by atoms with Crippen molar-refractivity contribution < 1.29 is 4.42 Å². The van der Waals surface area contributed by atoms with Gasteiger partial charge in [0.25, 0.3) is 0 Å². The van der Waals surface area contributed by atoms with E-state index in [4.69, 9.17) is 4.42 Å². The average molecular weight is 163 g/mol. The fourth-order valence-electron chi connectivity index (χ4n) is 0.671. The van der Waals surface area contributed by atoms with Crippen molar-refractivity contribution in [3.05, 3.63) is 17.8 Å². The minimum atomic E-state index is 0. The summed E-state index contributed by atoms with van der Waals surface area (Å²) in [5.41, 5.74) is 0.954. The molecule has 58 valence electrons. The Morgan fingerprint density at radius 1 is 1.70 bits per heavy atom. The Morgan fingerprint density at radius 2 is 2.40 bits per heavy atom. The smallest absolute Gasteiger partial charge is 0.191 e. The summed E-state index contributed by atoms with van der Waals surface area (Å²) in [6.07, 6.45) is 1.66. The van der Waals surface area contributed by atoms with Gasteiger partial charge in [-0.2, -0.15) is 0 Å². The van der Waals surface area contributed by atoms with Crippen LogP contribution in [0.5, 0.6) is 0 Å². The number of hydrogen-bond donors (Lipinski definition) is 1. The second-order valence-corrected chi connectivity index (χ2v) is 1.89.